The number of aliphatic hydroxyl groups is 3. The highest BCUT2D eigenvalue weighted by molar-refractivity contribution is 5.75. The topological polar surface area (TPSA) is 168 Å². The van der Waals surface area contributed by atoms with Gasteiger partial charge in [0.05, 0.1) is 24.3 Å². The van der Waals surface area contributed by atoms with Gasteiger partial charge in [-0.15, -0.1) is 0 Å². The van der Waals surface area contributed by atoms with Crippen LogP contribution in [0.4, 0.5) is 0 Å². The van der Waals surface area contributed by atoms with Crippen LogP contribution in [0.25, 0.3) is 0 Å². The van der Waals surface area contributed by atoms with Gasteiger partial charge in [-0.1, -0.05) is 0 Å². The number of carboxylic acids is 1. The first-order valence-electron chi connectivity index (χ1n) is 7.00. The maximum atomic E-state index is 11.3. The number of ether oxygens (including phenoxy) is 1. The number of hydrogen-bond acceptors (Lipinski definition) is 8. The van der Waals surface area contributed by atoms with Crippen LogP contribution in [0.1, 0.15) is 27.2 Å². The van der Waals surface area contributed by atoms with E-state index in [1.807, 2.05) is 0 Å². The van der Waals surface area contributed by atoms with Gasteiger partial charge in [0.2, 0.25) is 17.6 Å². The largest absolute Gasteiger partial charge is 0.544 e. The molecule has 0 unspecified atom stereocenters. The molecule has 0 spiro atoms. The molecule has 23 heavy (non-hydrogen) atoms. The second-order valence-corrected chi connectivity index (χ2v) is 5.62. The lowest BCUT2D eigenvalue weighted by molar-refractivity contribution is -0.370. The van der Waals surface area contributed by atoms with Crippen molar-refractivity contribution in [3.05, 3.63) is 0 Å². The highest BCUT2D eigenvalue weighted by Crippen LogP contribution is 2.30. The third-order valence-electron chi connectivity index (χ3n) is 3.52. The zero-order chi connectivity index (χ0) is 17.9. The van der Waals surface area contributed by atoms with Crippen molar-refractivity contribution < 1.29 is 39.5 Å². The number of carbonyl (C=O) groups excluding carboxylic acids is 3. The number of aliphatic hydroxyl groups excluding tert-OH is 2. The molecule has 1 aliphatic rings. The first-order chi connectivity index (χ1) is 10.5. The van der Waals surface area contributed by atoms with Crippen LogP contribution in [0.2, 0.25) is 0 Å². The minimum Gasteiger partial charge on any atom is -0.544 e. The van der Waals surface area contributed by atoms with Gasteiger partial charge in [-0.2, -0.15) is 0 Å². The van der Waals surface area contributed by atoms with E-state index in [1.54, 1.807) is 0 Å². The van der Waals surface area contributed by atoms with Crippen molar-refractivity contribution in [3.8, 4) is 0 Å². The molecule has 6 atom stereocenters. The van der Waals surface area contributed by atoms with Gasteiger partial charge in [0, 0.05) is 20.3 Å². The molecule has 1 heterocycles. The van der Waals surface area contributed by atoms with E-state index < -0.39 is 60.4 Å². The van der Waals surface area contributed by atoms with Crippen molar-refractivity contribution in [2.24, 2.45) is 0 Å². The Labute approximate surface area is 132 Å². The molecule has 0 aliphatic carbocycles. The van der Waals surface area contributed by atoms with Crippen LogP contribution in [0.15, 0.2) is 0 Å². The molecule has 1 saturated heterocycles. The van der Waals surface area contributed by atoms with E-state index in [0.717, 1.165) is 6.92 Å². The third-order valence-corrected chi connectivity index (χ3v) is 3.52. The second kappa shape index (κ2) is 7.21. The molecular weight excluding hydrogens is 312 g/mol. The number of carbonyl (C=O) groups is 3. The monoisotopic (exact) mass is 333 g/mol. The van der Waals surface area contributed by atoms with Gasteiger partial charge >= 0.3 is 0 Å². The van der Waals surface area contributed by atoms with Gasteiger partial charge in [0.1, 0.15) is 12.1 Å². The molecule has 0 radical (unpaired) electrons. The highest BCUT2D eigenvalue weighted by Gasteiger charge is 2.50. The van der Waals surface area contributed by atoms with E-state index in [-0.39, 0.29) is 0 Å². The van der Waals surface area contributed by atoms with Crippen LogP contribution in [0, 0.1) is 0 Å². The lowest BCUT2D eigenvalue weighted by atomic mass is 9.87. The fourth-order valence-corrected chi connectivity index (χ4v) is 2.53. The molecule has 10 nitrogen and oxygen atoms in total. The molecular formula is C13H21N2O8-. The summed E-state index contributed by atoms with van der Waals surface area (Å²) in [7, 11) is 0. The lowest BCUT2D eigenvalue weighted by Gasteiger charge is -2.47. The first-order valence-corrected chi connectivity index (χ1v) is 7.00. The van der Waals surface area contributed by atoms with Gasteiger partial charge in [0.15, 0.2) is 0 Å². The average molecular weight is 333 g/mol. The van der Waals surface area contributed by atoms with Gasteiger partial charge in [0.25, 0.3) is 0 Å². The predicted molar refractivity (Wildman–Crippen MR) is 72.3 cm³/mol. The molecule has 1 rings (SSSR count). The Bertz CT molecular complexity index is 465. The molecule has 2 amide bonds. The summed E-state index contributed by atoms with van der Waals surface area (Å²) >= 11 is 0. The Morgan fingerprint density at radius 1 is 1.30 bits per heavy atom. The van der Waals surface area contributed by atoms with Crippen LogP contribution in [0.5, 0.6) is 0 Å². The molecule has 0 aromatic rings. The van der Waals surface area contributed by atoms with E-state index in [9.17, 15) is 34.8 Å². The van der Waals surface area contributed by atoms with E-state index in [0.29, 0.717) is 0 Å². The minimum atomic E-state index is -2.81. The van der Waals surface area contributed by atoms with Crippen molar-refractivity contribution in [2.45, 2.75) is 63.4 Å². The zero-order valence-corrected chi connectivity index (χ0v) is 13.0. The zero-order valence-electron chi connectivity index (χ0n) is 13.0. The predicted octanol–water partition coefficient (Wildman–Crippen LogP) is -4.04. The van der Waals surface area contributed by atoms with Crippen LogP contribution in [0.3, 0.4) is 0 Å². The number of carboxylic acid groups (broad SMARTS) is 1. The summed E-state index contributed by atoms with van der Waals surface area (Å²) in [5.41, 5.74) is 0. The molecule has 1 fully saturated rings. The summed E-state index contributed by atoms with van der Waals surface area (Å²) in [4.78, 5) is 33.7. The highest BCUT2D eigenvalue weighted by atomic mass is 16.7. The summed E-state index contributed by atoms with van der Waals surface area (Å²) in [6, 6.07) is -2.34. The Hall–Kier alpha value is -1.75. The maximum Gasteiger partial charge on any atom is 0.217 e. The smallest absolute Gasteiger partial charge is 0.217 e. The van der Waals surface area contributed by atoms with Gasteiger partial charge in [-0.25, -0.2) is 0 Å². The number of nitrogens with one attached hydrogen (secondary N) is 2. The molecule has 132 valence electrons. The van der Waals surface area contributed by atoms with Gasteiger partial charge in [-0.05, 0) is 6.92 Å². The first kappa shape index (κ1) is 19.3. The number of rotatable bonds is 5. The molecule has 5 N–H and O–H groups in total. The van der Waals surface area contributed by atoms with Gasteiger partial charge < -0.3 is 40.6 Å². The Kier molecular flexibility index (Phi) is 6.05. The van der Waals surface area contributed by atoms with Crippen molar-refractivity contribution in [1.29, 1.82) is 0 Å². The minimum absolute atomic E-state index is 0.547. The normalized spacial score (nSPS) is 33.4. The van der Waals surface area contributed by atoms with Crippen LogP contribution < -0.4 is 15.7 Å². The van der Waals surface area contributed by atoms with Gasteiger partial charge in [-0.3, -0.25) is 9.59 Å². The van der Waals surface area contributed by atoms with Crippen molar-refractivity contribution in [3.63, 3.8) is 0 Å². The quantitative estimate of drug-likeness (QED) is 0.339. The fraction of sp³-hybridized carbons (Fsp3) is 0.769. The summed E-state index contributed by atoms with van der Waals surface area (Å²) in [5, 5.41) is 45.7. The van der Waals surface area contributed by atoms with Crippen LogP contribution in [-0.2, 0) is 19.1 Å². The second-order valence-electron chi connectivity index (χ2n) is 5.62. The summed E-state index contributed by atoms with van der Waals surface area (Å²) in [6.07, 6.45) is -4.88. The standard InChI is InChI=1S/C13H22N2O8/c1-5(16)9(14-6(2)17)11-10(15-7(3)18)8(19)4-13(22,23-11)12(20)21/h5,8-11,16,19,22H,4H2,1-3H3,(H,14,17)(H,15,18)(H,20,21)/p-1/t5-,8+,9-,10-,11+,13+/m1/s1. The van der Waals surface area contributed by atoms with E-state index in [2.05, 4.69) is 10.6 Å². The Morgan fingerprint density at radius 3 is 2.26 bits per heavy atom. The van der Waals surface area contributed by atoms with Crippen LogP contribution >= 0.6 is 0 Å². The molecule has 0 aromatic carbocycles. The number of aliphatic carboxylic acids is 1. The maximum absolute atomic E-state index is 11.3. The summed E-state index contributed by atoms with van der Waals surface area (Å²) < 4.78 is 5.09. The summed E-state index contributed by atoms with van der Waals surface area (Å²) in [5.74, 6) is -5.90. The van der Waals surface area contributed by atoms with Crippen molar-refractivity contribution in [1.82, 2.24) is 10.6 Å². The van der Waals surface area contributed by atoms with E-state index >= 15 is 0 Å². The Balaban J connectivity index is 3.21. The number of amides is 2. The van der Waals surface area contributed by atoms with Crippen LogP contribution in [-0.4, -0.2) is 69.3 Å². The number of hydrogen-bond donors (Lipinski definition) is 5. The third kappa shape index (κ3) is 4.61. The molecule has 1 aliphatic heterocycles. The molecule has 0 saturated carbocycles. The molecule has 10 heteroatoms. The molecule has 0 aromatic heterocycles. The van der Waals surface area contributed by atoms with Crippen molar-refractivity contribution in [2.75, 3.05) is 0 Å². The summed E-state index contributed by atoms with van der Waals surface area (Å²) in [6.45, 7) is 3.62. The van der Waals surface area contributed by atoms with Crippen molar-refractivity contribution >= 4 is 17.8 Å². The fourth-order valence-electron chi connectivity index (χ4n) is 2.53. The van der Waals surface area contributed by atoms with E-state index in [1.165, 1.54) is 13.8 Å². The van der Waals surface area contributed by atoms with E-state index in [4.69, 9.17) is 4.74 Å². The lowest BCUT2D eigenvalue weighted by Crippen LogP contribution is -2.70. The average Bonchev–Trinajstić information content (AvgIpc) is 2.38. The SMILES string of the molecule is CC(=O)N[C@@H]([C@@H]1O[C@](O)(C(=O)[O-])C[C@H](O)[C@H]1NC(C)=O)[C@@H](C)O. The molecule has 0 bridgehead atoms. The Morgan fingerprint density at radius 2 is 1.87 bits per heavy atom.